The highest BCUT2D eigenvalue weighted by Crippen LogP contribution is 2.31. The van der Waals surface area contributed by atoms with Crippen molar-refractivity contribution in [1.82, 2.24) is 0 Å². The Morgan fingerprint density at radius 2 is 1.52 bits per heavy atom. The molecule has 8 heteroatoms. The molecule has 29 heavy (non-hydrogen) atoms. The van der Waals surface area contributed by atoms with E-state index in [1.54, 1.807) is 12.1 Å². The molecule has 1 N–H and O–H groups in total. The summed E-state index contributed by atoms with van der Waals surface area (Å²) in [6.07, 6.45) is 0. The molecule has 0 spiro atoms. The van der Waals surface area contributed by atoms with Crippen LogP contribution >= 0.6 is 0 Å². The minimum absolute atomic E-state index is 0.0936. The Balaban J connectivity index is 2.06. The van der Waals surface area contributed by atoms with Crippen LogP contribution in [-0.4, -0.2) is 19.2 Å². The zero-order valence-electron chi connectivity index (χ0n) is 15.7. The average molecular weight is 410 g/mol. The molecule has 3 aromatic rings. The van der Waals surface area contributed by atoms with Gasteiger partial charge in [-0.15, -0.1) is 0 Å². The molecule has 148 valence electrons. The van der Waals surface area contributed by atoms with Gasteiger partial charge in [-0.05, 0) is 55.3 Å². The molecule has 3 rings (SSSR count). The fraction of sp³-hybridized carbons (Fsp3) is 0.0952. The molecule has 0 radical (unpaired) electrons. The van der Waals surface area contributed by atoms with E-state index >= 15 is 0 Å². The van der Waals surface area contributed by atoms with Gasteiger partial charge in [0.05, 0.1) is 15.4 Å². The number of nitro benzene ring substituents is 1. The third kappa shape index (κ3) is 4.02. The van der Waals surface area contributed by atoms with Crippen LogP contribution in [0.25, 0.3) is 0 Å². The molecule has 0 aliphatic heterocycles. The lowest BCUT2D eigenvalue weighted by atomic mass is 10.1. The second-order valence-corrected chi connectivity index (χ2v) is 8.36. The fourth-order valence-corrected chi connectivity index (χ4v) is 4.48. The van der Waals surface area contributed by atoms with Crippen LogP contribution < -0.4 is 5.32 Å². The Morgan fingerprint density at radius 3 is 2.17 bits per heavy atom. The van der Waals surface area contributed by atoms with Crippen LogP contribution in [0.3, 0.4) is 0 Å². The summed E-state index contributed by atoms with van der Waals surface area (Å²) >= 11 is 0. The minimum atomic E-state index is -4.30. The number of anilines is 1. The van der Waals surface area contributed by atoms with Crippen molar-refractivity contribution >= 4 is 27.1 Å². The highest BCUT2D eigenvalue weighted by Gasteiger charge is 2.30. The maximum Gasteiger partial charge on any atom is 0.288 e. The molecule has 3 aromatic carbocycles. The molecule has 0 atom stereocenters. The lowest BCUT2D eigenvalue weighted by molar-refractivity contribution is -0.387. The van der Waals surface area contributed by atoms with Crippen LogP contribution in [0.2, 0.25) is 0 Å². The average Bonchev–Trinajstić information content (AvgIpc) is 2.70. The van der Waals surface area contributed by atoms with E-state index in [4.69, 9.17) is 0 Å². The van der Waals surface area contributed by atoms with E-state index < -0.39 is 31.3 Å². The lowest BCUT2D eigenvalue weighted by Crippen LogP contribution is -2.17. The maximum absolute atomic E-state index is 13.2. The monoisotopic (exact) mass is 410 g/mol. The Morgan fingerprint density at radius 1 is 0.897 bits per heavy atom. The van der Waals surface area contributed by atoms with Gasteiger partial charge in [0.2, 0.25) is 9.84 Å². The lowest BCUT2D eigenvalue weighted by Gasteiger charge is -2.12. The van der Waals surface area contributed by atoms with Gasteiger partial charge in [0.15, 0.2) is 0 Å². The number of sulfone groups is 1. The number of nitrogens with zero attached hydrogens (tertiary/aromatic N) is 1. The van der Waals surface area contributed by atoms with Gasteiger partial charge in [0, 0.05) is 11.8 Å². The second kappa shape index (κ2) is 7.84. The summed E-state index contributed by atoms with van der Waals surface area (Å²) in [4.78, 5) is 22.6. The van der Waals surface area contributed by atoms with Gasteiger partial charge in [0.25, 0.3) is 11.6 Å². The van der Waals surface area contributed by atoms with E-state index in [0.29, 0.717) is 5.69 Å². The molecule has 7 nitrogen and oxygen atoms in total. The van der Waals surface area contributed by atoms with Crippen molar-refractivity contribution in [3.05, 3.63) is 93.5 Å². The van der Waals surface area contributed by atoms with Gasteiger partial charge in [-0.2, -0.15) is 0 Å². The number of aryl methyl sites for hydroxylation is 2. The van der Waals surface area contributed by atoms with E-state index in [9.17, 15) is 23.3 Å². The van der Waals surface area contributed by atoms with Crippen molar-refractivity contribution < 1.29 is 18.1 Å². The molecule has 0 aliphatic carbocycles. The van der Waals surface area contributed by atoms with Crippen molar-refractivity contribution in [2.75, 3.05) is 5.32 Å². The maximum atomic E-state index is 13.2. The normalized spacial score (nSPS) is 11.1. The number of carbonyl (C=O) groups excluding carboxylic acids is 1. The highest BCUT2D eigenvalue weighted by molar-refractivity contribution is 7.91. The highest BCUT2D eigenvalue weighted by atomic mass is 32.2. The summed E-state index contributed by atoms with van der Waals surface area (Å²) < 4.78 is 26.3. The first-order valence-corrected chi connectivity index (χ1v) is 10.2. The molecular formula is C21H18N2O5S. The van der Waals surface area contributed by atoms with Gasteiger partial charge in [0.1, 0.15) is 4.90 Å². The van der Waals surface area contributed by atoms with Crippen molar-refractivity contribution in [3.8, 4) is 0 Å². The van der Waals surface area contributed by atoms with Crippen molar-refractivity contribution in [3.63, 3.8) is 0 Å². The Labute approximate surface area is 168 Å². The predicted molar refractivity (Wildman–Crippen MR) is 109 cm³/mol. The summed E-state index contributed by atoms with van der Waals surface area (Å²) in [7, 11) is -4.30. The molecule has 0 aromatic heterocycles. The Bertz CT molecular complexity index is 1220. The van der Waals surface area contributed by atoms with Gasteiger partial charge < -0.3 is 5.32 Å². The van der Waals surface area contributed by atoms with Crippen LogP contribution in [0, 0.1) is 24.0 Å². The van der Waals surface area contributed by atoms with Crippen LogP contribution in [0.15, 0.2) is 76.5 Å². The van der Waals surface area contributed by atoms with E-state index in [2.05, 4.69) is 5.32 Å². The molecule has 0 saturated carbocycles. The standard InChI is InChI=1S/C21H18N2O5S/c1-14-11-12-16(13-15(14)2)22-21(24)17-7-3-5-9-19(17)29(27,28)20-10-6-4-8-18(20)23(25)26/h3-13H,1-2H3,(H,22,24). The summed E-state index contributed by atoms with van der Waals surface area (Å²) in [5, 5.41) is 14.0. The molecule has 0 unspecified atom stereocenters. The van der Waals surface area contributed by atoms with Crippen molar-refractivity contribution in [1.29, 1.82) is 0 Å². The van der Waals surface area contributed by atoms with Crippen LogP contribution in [0.1, 0.15) is 21.5 Å². The van der Waals surface area contributed by atoms with Gasteiger partial charge in [-0.3, -0.25) is 14.9 Å². The number of amides is 1. The number of carbonyl (C=O) groups is 1. The number of para-hydroxylation sites is 1. The summed E-state index contributed by atoms with van der Waals surface area (Å²) in [5.74, 6) is -0.619. The third-order valence-corrected chi connectivity index (χ3v) is 6.40. The number of hydrogen-bond donors (Lipinski definition) is 1. The van der Waals surface area contributed by atoms with Crippen LogP contribution in [0.5, 0.6) is 0 Å². The number of hydrogen-bond acceptors (Lipinski definition) is 5. The van der Waals surface area contributed by atoms with Crippen LogP contribution in [-0.2, 0) is 9.84 Å². The first kappa shape index (κ1) is 20.2. The zero-order chi connectivity index (χ0) is 21.2. The zero-order valence-corrected chi connectivity index (χ0v) is 16.6. The smallest absolute Gasteiger partial charge is 0.288 e. The van der Waals surface area contributed by atoms with E-state index in [-0.39, 0.29) is 10.5 Å². The first-order chi connectivity index (χ1) is 13.7. The van der Waals surface area contributed by atoms with E-state index in [0.717, 1.165) is 23.3 Å². The molecule has 0 saturated heterocycles. The van der Waals surface area contributed by atoms with Gasteiger partial charge in [-0.1, -0.05) is 30.3 Å². The van der Waals surface area contributed by atoms with Gasteiger partial charge >= 0.3 is 0 Å². The fourth-order valence-electron chi connectivity index (χ4n) is 2.86. The SMILES string of the molecule is Cc1ccc(NC(=O)c2ccccc2S(=O)(=O)c2ccccc2[N+](=O)[O-])cc1C. The van der Waals surface area contributed by atoms with E-state index in [1.165, 1.54) is 36.4 Å². The van der Waals surface area contributed by atoms with Crippen LogP contribution in [0.4, 0.5) is 11.4 Å². The Kier molecular flexibility index (Phi) is 5.47. The molecule has 0 heterocycles. The first-order valence-electron chi connectivity index (χ1n) is 8.68. The summed E-state index contributed by atoms with van der Waals surface area (Å²) in [6, 6.07) is 16.1. The van der Waals surface area contributed by atoms with Crippen molar-refractivity contribution in [2.45, 2.75) is 23.6 Å². The molecular weight excluding hydrogens is 392 g/mol. The number of benzene rings is 3. The topological polar surface area (TPSA) is 106 Å². The van der Waals surface area contributed by atoms with E-state index in [1.807, 2.05) is 19.9 Å². The van der Waals surface area contributed by atoms with Crippen molar-refractivity contribution in [2.24, 2.45) is 0 Å². The Hall–Kier alpha value is -3.52. The predicted octanol–water partition coefficient (Wildman–Crippen LogP) is 4.30. The molecule has 0 aliphatic rings. The molecule has 0 fully saturated rings. The molecule has 1 amide bonds. The molecule has 0 bridgehead atoms. The third-order valence-electron chi connectivity index (χ3n) is 4.54. The quantitative estimate of drug-likeness (QED) is 0.499. The number of rotatable bonds is 5. The summed E-state index contributed by atoms with van der Waals surface area (Å²) in [5.41, 5.74) is 1.92. The minimum Gasteiger partial charge on any atom is -0.322 e. The number of nitro groups is 1. The largest absolute Gasteiger partial charge is 0.322 e. The van der Waals surface area contributed by atoms with Gasteiger partial charge in [-0.25, -0.2) is 8.42 Å². The summed E-state index contributed by atoms with van der Waals surface area (Å²) in [6.45, 7) is 3.84. The second-order valence-electron chi connectivity index (χ2n) is 6.48. The number of nitrogens with one attached hydrogen (secondary N) is 1.